The lowest BCUT2D eigenvalue weighted by molar-refractivity contribution is 0.102. The van der Waals surface area contributed by atoms with Gasteiger partial charge in [0.2, 0.25) is 0 Å². The van der Waals surface area contributed by atoms with Crippen LogP contribution in [0.2, 0.25) is 10.0 Å². The molecule has 3 aromatic rings. The number of rotatable bonds is 5. The summed E-state index contributed by atoms with van der Waals surface area (Å²) in [5, 5.41) is 3.77. The summed E-state index contributed by atoms with van der Waals surface area (Å²) in [7, 11) is 0. The van der Waals surface area contributed by atoms with Crippen LogP contribution in [0.4, 0.5) is 5.82 Å². The Kier molecular flexibility index (Phi) is 5.53. The molecule has 0 unspecified atom stereocenters. The van der Waals surface area contributed by atoms with Crippen molar-refractivity contribution in [1.29, 1.82) is 0 Å². The molecule has 1 heterocycles. The summed E-state index contributed by atoms with van der Waals surface area (Å²) in [6.45, 7) is 0.269. The van der Waals surface area contributed by atoms with E-state index >= 15 is 0 Å². The van der Waals surface area contributed by atoms with Gasteiger partial charge in [-0.3, -0.25) is 4.79 Å². The number of hydrogen-bond acceptors (Lipinski definition) is 3. The lowest BCUT2D eigenvalue weighted by Gasteiger charge is -2.10. The lowest BCUT2D eigenvalue weighted by atomic mass is 10.1. The predicted octanol–water partition coefficient (Wildman–Crippen LogP) is 5.22. The Labute approximate surface area is 155 Å². The highest BCUT2D eigenvalue weighted by molar-refractivity contribution is 6.34. The minimum atomic E-state index is -0.235. The second kappa shape index (κ2) is 8.01. The van der Waals surface area contributed by atoms with E-state index in [2.05, 4.69) is 10.3 Å². The average Bonchev–Trinajstić information content (AvgIpc) is 2.63. The Balaban J connectivity index is 1.69. The van der Waals surface area contributed by atoms with Crippen LogP contribution < -0.4 is 10.1 Å². The Bertz CT molecular complexity index is 886. The number of hydrogen-bond donors (Lipinski definition) is 1. The maximum Gasteiger partial charge on any atom is 0.256 e. The van der Waals surface area contributed by atoms with Gasteiger partial charge >= 0.3 is 0 Å². The third-order valence-electron chi connectivity index (χ3n) is 3.38. The van der Waals surface area contributed by atoms with E-state index in [1.807, 2.05) is 12.1 Å². The van der Waals surface area contributed by atoms with Crippen LogP contribution in [0.15, 0.2) is 66.9 Å². The first kappa shape index (κ1) is 17.3. The molecule has 1 amide bonds. The second-order valence-electron chi connectivity index (χ2n) is 5.23. The number of anilines is 1. The zero-order valence-corrected chi connectivity index (χ0v) is 14.6. The zero-order chi connectivity index (χ0) is 17.6. The van der Waals surface area contributed by atoms with Crippen LogP contribution in [0.3, 0.4) is 0 Å². The average molecular weight is 373 g/mol. The molecule has 1 N–H and O–H groups in total. The molecule has 1 aromatic heterocycles. The SMILES string of the molecule is O=C(Nc1ccccn1)c1cccc(COc2cc(Cl)ccc2Cl)c1. The van der Waals surface area contributed by atoms with Crippen LogP contribution in [0.5, 0.6) is 5.75 Å². The molecule has 126 valence electrons. The molecule has 0 bridgehead atoms. The first-order valence-electron chi connectivity index (χ1n) is 7.51. The summed E-state index contributed by atoms with van der Waals surface area (Å²) in [5.41, 5.74) is 1.36. The summed E-state index contributed by atoms with van der Waals surface area (Å²) in [5.74, 6) is 0.763. The molecule has 4 nitrogen and oxygen atoms in total. The number of carbonyl (C=O) groups is 1. The maximum atomic E-state index is 12.3. The summed E-state index contributed by atoms with van der Waals surface area (Å²) < 4.78 is 5.70. The van der Waals surface area contributed by atoms with Crippen LogP contribution in [0, 0.1) is 0 Å². The second-order valence-corrected chi connectivity index (χ2v) is 6.08. The van der Waals surface area contributed by atoms with Crippen molar-refractivity contribution >= 4 is 34.9 Å². The molecule has 0 saturated heterocycles. The number of benzene rings is 2. The predicted molar refractivity (Wildman–Crippen MR) is 99.4 cm³/mol. The van der Waals surface area contributed by atoms with Crippen LogP contribution in [0.1, 0.15) is 15.9 Å². The smallest absolute Gasteiger partial charge is 0.256 e. The highest BCUT2D eigenvalue weighted by Crippen LogP contribution is 2.28. The fourth-order valence-corrected chi connectivity index (χ4v) is 2.51. The molecule has 0 aliphatic carbocycles. The van der Waals surface area contributed by atoms with Gasteiger partial charge in [0.05, 0.1) is 5.02 Å². The van der Waals surface area contributed by atoms with Crippen molar-refractivity contribution in [2.45, 2.75) is 6.61 Å². The van der Waals surface area contributed by atoms with Crippen LogP contribution in [-0.2, 0) is 6.61 Å². The molecule has 25 heavy (non-hydrogen) atoms. The number of aromatic nitrogens is 1. The van der Waals surface area contributed by atoms with Crippen molar-refractivity contribution in [3.8, 4) is 5.75 Å². The fraction of sp³-hybridized carbons (Fsp3) is 0.0526. The van der Waals surface area contributed by atoms with Crippen molar-refractivity contribution in [3.63, 3.8) is 0 Å². The molecule has 3 rings (SSSR count). The molecule has 6 heteroatoms. The minimum absolute atomic E-state index is 0.235. The number of pyridine rings is 1. The number of nitrogens with zero attached hydrogens (tertiary/aromatic N) is 1. The Morgan fingerprint density at radius 2 is 1.92 bits per heavy atom. The van der Waals surface area contributed by atoms with Crippen molar-refractivity contribution in [2.24, 2.45) is 0 Å². The van der Waals surface area contributed by atoms with Gasteiger partial charge in [-0.15, -0.1) is 0 Å². The van der Waals surface area contributed by atoms with Gasteiger partial charge < -0.3 is 10.1 Å². The molecule has 0 aliphatic rings. The first-order chi connectivity index (χ1) is 12.1. The van der Waals surface area contributed by atoms with Crippen molar-refractivity contribution < 1.29 is 9.53 Å². The van der Waals surface area contributed by atoms with Crippen LogP contribution in [-0.4, -0.2) is 10.9 Å². The van der Waals surface area contributed by atoms with E-state index in [0.29, 0.717) is 27.2 Å². The zero-order valence-electron chi connectivity index (χ0n) is 13.1. The van der Waals surface area contributed by atoms with Gasteiger partial charge in [0, 0.05) is 22.8 Å². The molecule has 0 atom stereocenters. The van der Waals surface area contributed by atoms with Gasteiger partial charge in [0.15, 0.2) is 0 Å². The monoisotopic (exact) mass is 372 g/mol. The quantitative estimate of drug-likeness (QED) is 0.667. The topological polar surface area (TPSA) is 51.2 Å². The van der Waals surface area contributed by atoms with Crippen molar-refractivity contribution in [2.75, 3.05) is 5.32 Å². The minimum Gasteiger partial charge on any atom is -0.487 e. The fourth-order valence-electron chi connectivity index (χ4n) is 2.18. The van der Waals surface area contributed by atoms with Gasteiger partial charge in [-0.25, -0.2) is 4.98 Å². The number of nitrogens with one attached hydrogen (secondary N) is 1. The molecule has 2 aromatic carbocycles. The van der Waals surface area contributed by atoms with Gasteiger partial charge in [-0.2, -0.15) is 0 Å². The van der Waals surface area contributed by atoms with Crippen molar-refractivity contribution in [3.05, 3.63) is 88.0 Å². The van der Waals surface area contributed by atoms with Gasteiger partial charge in [-0.1, -0.05) is 41.4 Å². The highest BCUT2D eigenvalue weighted by Gasteiger charge is 2.08. The normalized spacial score (nSPS) is 10.3. The van der Waals surface area contributed by atoms with E-state index in [0.717, 1.165) is 5.56 Å². The van der Waals surface area contributed by atoms with Crippen molar-refractivity contribution in [1.82, 2.24) is 4.98 Å². The molecule has 0 spiro atoms. The summed E-state index contributed by atoms with van der Waals surface area (Å²) in [6.07, 6.45) is 1.62. The number of amides is 1. The standard InChI is InChI=1S/C19H14Cl2N2O2/c20-15-7-8-16(21)17(11-15)25-12-13-4-3-5-14(10-13)19(24)23-18-6-1-2-9-22-18/h1-11H,12H2,(H,22,23,24). The van der Waals surface area contributed by atoms with Gasteiger partial charge in [0.25, 0.3) is 5.91 Å². The summed E-state index contributed by atoms with van der Waals surface area (Å²) in [4.78, 5) is 16.4. The Hall–Kier alpha value is -2.56. The van der Waals surface area contributed by atoms with E-state index in [1.54, 1.807) is 54.7 Å². The Morgan fingerprint density at radius 1 is 1.04 bits per heavy atom. The molecular weight excluding hydrogens is 359 g/mol. The van der Waals surface area contributed by atoms with E-state index in [9.17, 15) is 4.79 Å². The number of carbonyl (C=O) groups excluding carboxylic acids is 1. The molecule has 0 fully saturated rings. The van der Waals surface area contributed by atoms with E-state index in [4.69, 9.17) is 27.9 Å². The molecule has 0 aliphatic heterocycles. The molecule has 0 saturated carbocycles. The summed E-state index contributed by atoms with van der Waals surface area (Å²) >= 11 is 12.0. The lowest BCUT2D eigenvalue weighted by Crippen LogP contribution is -2.13. The first-order valence-corrected chi connectivity index (χ1v) is 8.26. The number of ether oxygens (including phenoxy) is 1. The van der Waals surface area contributed by atoms with Crippen LogP contribution in [0.25, 0.3) is 0 Å². The van der Waals surface area contributed by atoms with Crippen LogP contribution >= 0.6 is 23.2 Å². The maximum absolute atomic E-state index is 12.3. The van der Waals surface area contributed by atoms with Gasteiger partial charge in [0.1, 0.15) is 18.2 Å². The third kappa shape index (κ3) is 4.72. The van der Waals surface area contributed by atoms with E-state index in [1.165, 1.54) is 0 Å². The third-order valence-corrected chi connectivity index (χ3v) is 3.93. The molecular formula is C19H14Cl2N2O2. The van der Waals surface area contributed by atoms with E-state index in [-0.39, 0.29) is 12.5 Å². The Morgan fingerprint density at radius 3 is 2.72 bits per heavy atom. The highest BCUT2D eigenvalue weighted by atomic mass is 35.5. The largest absolute Gasteiger partial charge is 0.487 e. The van der Waals surface area contributed by atoms with E-state index < -0.39 is 0 Å². The number of halogens is 2. The molecule has 0 radical (unpaired) electrons. The summed E-state index contributed by atoms with van der Waals surface area (Å²) in [6, 6.07) is 17.5. The van der Waals surface area contributed by atoms with Gasteiger partial charge in [-0.05, 0) is 42.0 Å².